The highest BCUT2D eigenvalue weighted by molar-refractivity contribution is 8.47. The summed E-state index contributed by atoms with van der Waals surface area (Å²) >= 11 is 0. The van der Waals surface area contributed by atoms with Crippen molar-refractivity contribution < 1.29 is 8.42 Å². The van der Waals surface area contributed by atoms with Gasteiger partial charge in [-0.25, -0.2) is 0 Å². The van der Waals surface area contributed by atoms with E-state index in [9.17, 15) is 8.42 Å². The lowest BCUT2D eigenvalue weighted by atomic mass is 11.6. The molecule has 0 atom stereocenters. The minimum Gasteiger partial charge on any atom is -0.177 e. The molecular weight excluding hydrogens is 148 g/mol. The highest BCUT2D eigenvalue weighted by Crippen LogP contribution is 1.84. The molecule has 0 radical (unpaired) electrons. The molecule has 0 saturated carbocycles. The van der Waals surface area contributed by atoms with Gasteiger partial charge in [-0.1, -0.05) is 0 Å². The molecule has 8 heavy (non-hydrogen) atoms. The summed E-state index contributed by atoms with van der Waals surface area (Å²) in [5.74, 6) is 0. The molecule has 4 nitrogen and oxygen atoms in total. The maximum atomic E-state index is 10.0. The van der Waals surface area contributed by atoms with Gasteiger partial charge in [0.25, 0.3) is 9.26 Å². The minimum absolute atomic E-state index is 0.846. The quantitative estimate of drug-likeness (QED) is 0.462. The molecule has 0 aromatic rings. The van der Waals surface area contributed by atoms with Crippen molar-refractivity contribution in [1.29, 1.82) is 0 Å². The summed E-state index contributed by atoms with van der Waals surface area (Å²) in [6.45, 7) is 0. The summed E-state index contributed by atoms with van der Waals surface area (Å²) in [6.07, 6.45) is 0. The van der Waals surface area contributed by atoms with Gasteiger partial charge in [-0.3, -0.25) is 0 Å². The summed E-state index contributed by atoms with van der Waals surface area (Å²) in [7, 11) is -2.91. The van der Waals surface area contributed by atoms with Crippen molar-refractivity contribution >= 4 is 29.8 Å². The first-order valence-corrected chi connectivity index (χ1v) is 4.63. The highest BCUT2D eigenvalue weighted by atomic mass is 32.9. The first-order chi connectivity index (χ1) is 3.80. The van der Waals surface area contributed by atoms with Crippen LogP contribution in [-0.4, -0.2) is 19.5 Å². The Balaban J connectivity index is 3.29. The van der Waals surface area contributed by atoms with Crippen LogP contribution in [0.5, 0.6) is 0 Å². The number of hydrogen-bond donors (Lipinski definition) is 0. The maximum Gasteiger partial charge on any atom is 0.251 e. The highest BCUT2D eigenvalue weighted by Gasteiger charge is 1.92. The third-order valence-corrected chi connectivity index (χ3v) is 2.90. The number of hydrogen-bond acceptors (Lipinski definition) is 4. The van der Waals surface area contributed by atoms with E-state index >= 15 is 0 Å². The largest absolute Gasteiger partial charge is 0.251 e. The lowest BCUT2D eigenvalue weighted by molar-refractivity contribution is 0.628. The Hall–Kier alpha value is -0.490. The Labute approximate surface area is 49.1 Å². The van der Waals surface area contributed by atoms with Crippen molar-refractivity contribution in [3.8, 4) is 0 Å². The molecule has 1 heterocycles. The standard InChI is InChI=1S/C2H2N2O2S2/c5-8(6)7-1-3-4-2-7/h1-2H. The van der Waals surface area contributed by atoms with Crippen LogP contribution in [0.15, 0.2) is 10.2 Å². The van der Waals surface area contributed by atoms with Crippen molar-refractivity contribution in [3.63, 3.8) is 0 Å². The molecule has 1 rings (SSSR count). The Bertz CT molecular complexity index is 250. The van der Waals surface area contributed by atoms with Crippen molar-refractivity contribution in [2.24, 2.45) is 10.2 Å². The van der Waals surface area contributed by atoms with Crippen molar-refractivity contribution in [1.82, 2.24) is 0 Å². The van der Waals surface area contributed by atoms with Gasteiger partial charge in [0.15, 0.2) is 0 Å². The molecule has 0 fully saturated rings. The summed E-state index contributed by atoms with van der Waals surface area (Å²) < 4.78 is 20.1. The van der Waals surface area contributed by atoms with Crippen LogP contribution in [0.1, 0.15) is 0 Å². The zero-order valence-electron chi connectivity index (χ0n) is 3.68. The summed E-state index contributed by atoms with van der Waals surface area (Å²) in [5.41, 5.74) is 2.59. The predicted octanol–water partition coefficient (Wildman–Crippen LogP) is -0.616. The minimum atomic E-state index is -2.06. The average Bonchev–Trinajstić information content (AvgIpc) is 2.12. The first-order valence-electron chi connectivity index (χ1n) is 1.69. The van der Waals surface area contributed by atoms with Gasteiger partial charge in [0.1, 0.15) is 0 Å². The second-order valence-corrected chi connectivity index (χ2v) is 4.43. The van der Waals surface area contributed by atoms with E-state index in [1.54, 1.807) is 0 Å². The van der Waals surface area contributed by atoms with E-state index in [1.807, 2.05) is 0 Å². The Morgan fingerprint density at radius 2 is 1.75 bits per heavy atom. The molecule has 6 heteroatoms. The van der Waals surface area contributed by atoms with Crippen LogP contribution in [0.4, 0.5) is 0 Å². The van der Waals surface area contributed by atoms with E-state index in [0.717, 1.165) is 0 Å². The zero-order valence-corrected chi connectivity index (χ0v) is 5.32. The van der Waals surface area contributed by atoms with Gasteiger partial charge >= 0.3 is 0 Å². The molecule has 0 spiro atoms. The van der Waals surface area contributed by atoms with Gasteiger partial charge in [0, 0.05) is 9.45 Å². The van der Waals surface area contributed by atoms with E-state index in [2.05, 4.69) is 10.2 Å². The van der Waals surface area contributed by atoms with Crippen LogP contribution in [0.2, 0.25) is 0 Å². The second kappa shape index (κ2) is 2.19. The topological polar surface area (TPSA) is 58.9 Å². The molecule has 0 unspecified atom stereocenters. The molecule has 44 valence electrons. The SMILES string of the molecule is O=S(=O)=S1C=NN=C1. The van der Waals surface area contributed by atoms with E-state index in [-0.39, 0.29) is 0 Å². The normalized spacial score (nSPS) is 17.5. The maximum absolute atomic E-state index is 10.0. The molecule has 0 aromatic carbocycles. The zero-order chi connectivity index (χ0) is 5.98. The molecule has 0 bridgehead atoms. The van der Waals surface area contributed by atoms with E-state index in [1.165, 1.54) is 11.1 Å². The van der Waals surface area contributed by atoms with Crippen LogP contribution in [0.25, 0.3) is 0 Å². The van der Waals surface area contributed by atoms with Crippen molar-refractivity contribution in [3.05, 3.63) is 0 Å². The van der Waals surface area contributed by atoms with E-state index in [4.69, 9.17) is 0 Å². The predicted molar refractivity (Wildman–Crippen MR) is 33.3 cm³/mol. The van der Waals surface area contributed by atoms with Gasteiger partial charge in [-0.15, -0.1) is 0 Å². The lowest BCUT2D eigenvalue weighted by Crippen LogP contribution is -1.85. The van der Waals surface area contributed by atoms with Crippen LogP contribution < -0.4 is 0 Å². The Kier molecular flexibility index (Phi) is 1.54. The summed E-state index contributed by atoms with van der Waals surface area (Å²) in [4.78, 5) is 0. The van der Waals surface area contributed by atoms with Gasteiger partial charge in [0.2, 0.25) is 0 Å². The van der Waals surface area contributed by atoms with Crippen LogP contribution in [0, 0.1) is 0 Å². The molecule has 0 N–H and O–H groups in total. The number of rotatable bonds is 0. The second-order valence-electron chi connectivity index (χ2n) is 0.974. The van der Waals surface area contributed by atoms with E-state index < -0.39 is 18.7 Å². The number of nitrogens with zero attached hydrogens (tertiary/aromatic N) is 2. The fraction of sp³-hybridized carbons (Fsp3) is 0. The third-order valence-electron chi connectivity index (χ3n) is 0.526. The van der Waals surface area contributed by atoms with Gasteiger partial charge < -0.3 is 0 Å². The van der Waals surface area contributed by atoms with Gasteiger partial charge in [-0.2, -0.15) is 18.6 Å². The smallest absolute Gasteiger partial charge is 0.177 e. The average molecular weight is 150 g/mol. The monoisotopic (exact) mass is 150 g/mol. The molecule has 0 saturated heterocycles. The van der Waals surface area contributed by atoms with E-state index in [0.29, 0.717) is 0 Å². The molecule has 1 aliphatic heterocycles. The first kappa shape index (κ1) is 5.64. The van der Waals surface area contributed by atoms with Crippen molar-refractivity contribution in [2.75, 3.05) is 0 Å². The summed E-state index contributed by atoms with van der Waals surface area (Å²) in [6, 6.07) is 0. The lowest BCUT2D eigenvalue weighted by Gasteiger charge is -1.66. The van der Waals surface area contributed by atoms with Crippen LogP contribution in [0.3, 0.4) is 0 Å². The third kappa shape index (κ3) is 1.01. The Morgan fingerprint density at radius 1 is 1.25 bits per heavy atom. The van der Waals surface area contributed by atoms with Gasteiger partial charge in [0.05, 0.1) is 11.1 Å². The molecule has 0 aliphatic carbocycles. The van der Waals surface area contributed by atoms with Gasteiger partial charge in [-0.05, 0) is 0 Å². The summed E-state index contributed by atoms with van der Waals surface area (Å²) in [5, 5.41) is 6.70. The van der Waals surface area contributed by atoms with Crippen molar-refractivity contribution in [2.45, 2.75) is 0 Å². The fourth-order valence-corrected chi connectivity index (χ4v) is 1.39. The van der Waals surface area contributed by atoms with Crippen LogP contribution in [-0.2, 0) is 18.7 Å². The fourth-order valence-electron chi connectivity index (χ4n) is 0.245. The molecule has 1 aliphatic rings. The van der Waals surface area contributed by atoms with Crippen LogP contribution >= 0.6 is 0 Å². The Morgan fingerprint density at radius 3 is 2.00 bits per heavy atom. The molecule has 0 amide bonds. The molecular formula is C2H2N2O2S2. The molecule has 0 aromatic heterocycles.